The molecule has 1 aliphatic rings. The van der Waals surface area contributed by atoms with E-state index in [0.717, 1.165) is 5.56 Å². The van der Waals surface area contributed by atoms with Gasteiger partial charge in [0.05, 0.1) is 6.04 Å². The van der Waals surface area contributed by atoms with Crippen molar-refractivity contribution in [2.24, 2.45) is 0 Å². The zero-order valence-electron chi connectivity index (χ0n) is 17.2. The maximum atomic E-state index is 13.1. The highest BCUT2D eigenvalue weighted by Crippen LogP contribution is 2.29. The molecule has 3 aromatic rings. The molecule has 1 atom stereocenters. The topological polar surface area (TPSA) is 66.5 Å². The molecule has 0 aromatic heterocycles. The minimum Gasteiger partial charge on any atom is -0.325 e. The summed E-state index contributed by atoms with van der Waals surface area (Å²) in [4.78, 5) is 40.2. The lowest BCUT2D eigenvalue weighted by atomic mass is 9.84. The second-order valence-corrected chi connectivity index (χ2v) is 7.67. The quantitative estimate of drug-likeness (QED) is 0.533. The number of halogens is 1. The van der Waals surface area contributed by atoms with Gasteiger partial charge >= 0.3 is 0 Å². The molecule has 6 heteroatoms. The number of rotatable bonds is 5. The summed E-state index contributed by atoms with van der Waals surface area (Å²) >= 11 is 0. The average molecular weight is 416 g/mol. The lowest BCUT2D eigenvalue weighted by Crippen LogP contribution is -2.39. The molecule has 0 radical (unpaired) electrons. The minimum absolute atomic E-state index is 0.199. The molecule has 1 aliphatic carbocycles. The van der Waals surface area contributed by atoms with Crippen molar-refractivity contribution in [3.8, 4) is 0 Å². The molecule has 5 nitrogen and oxygen atoms in total. The number of carbonyl (C=O) groups excluding carboxylic acids is 3. The van der Waals surface area contributed by atoms with E-state index >= 15 is 0 Å². The zero-order valence-corrected chi connectivity index (χ0v) is 17.2. The third-order valence-corrected chi connectivity index (χ3v) is 5.58. The first kappa shape index (κ1) is 20.6. The summed E-state index contributed by atoms with van der Waals surface area (Å²) < 4.78 is 13.1. The fourth-order valence-corrected chi connectivity index (χ4v) is 3.64. The van der Waals surface area contributed by atoms with Crippen molar-refractivity contribution in [1.29, 1.82) is 0 Å². The molecule has 0 unspecified atom stereocenters. The van der Waals surface area contributed by atoms with E-state index in [-0.39, 0.29) is 28.9 Å². The van der Waals surface area contributed by atoms with Crippen LogP contribution in [0.15, 0.2) is 66.7 Å². The van der Waals surface area contributed by atoms with E-state index < -0.39 is 6.04 Å². The Hall–Kier alpha value is -3.64. The van der Waals surface area contributed by atoms with Crippen LogP contribution in [0, 0.1) is 5.82 Å². The van der Waals surface area contributed by atoms with Crippen LogP contribution >= 0.6 is 0 Å². The summed E-state index contributed by atoms with van der Waals surface area (Å²) in [6.07, 6.45) is 0. The van der Waals surface area contributed by atoms with Gasteiger partial charge in [-0.25, -0.2) is 4.39 Å². The predicted molar refractivity (Wildman–Crippen MR) is 116 cm³/mol. The van der Waals surface area contributed by atoms with Crippen LogP contribution in [0.2, 0.25) is 0 Å². The van der Waals surface area contributed by atoms with Gasteiger partial charge in [-0.3, -0.25) is 19.3 Å². The molecular weight excluding hydrogens is 395 g/mol. The SMILES string of the molecule is C[C@@H](C(=O)Nc1ccc2c(c1)C(=O)c1ccccc1C2=O)N(C)Cc1ccc(F)cc1. The lowest BCUT2D eigenvalue weighted by Gasteiger charge is -2.24. The molecule has 0 saturated heterocycles. The van der Waals surface area contributed by atoms with E-state index in [9.17, 15) is 18.8 Å². The van der Waals surface area contributed by atoms with Crippen molar-refractivity contribution < 1.29 is 18.8 Å². The molecule has 1 amide bonds. The van der Waals surface area contributed by atoms with Gasteiger partial charge in [0, 0.05) is 34.5 Å². The van der Waals surface area contributed by atoms with Gasteiger partial charge in [-0.15, -0.1) is 0 Å². The number of ketones is 2. The molecular formula is C25H21FN2O3. The monoisotopic (exact) mass is 416 g/mol. The highest BCUT2D eigenvalue weighted by Gasteiger charge is 2.29. The van der Waals surface area contributed by atoms with Crippen molar-refractivity contribution in [2.75, 3.05) is 12.4 Å². The fraction of sp³-hybridized carbons (Fsp3) is 0.160. The number of nitrogens with zero attached hydrogens (tertiary/aromatic N) is 1. The highest BCUT2D eigenvalue weighted by atomic mass is 19.1. The summed E-state index contributed by atoms with van der Waals surface area (Å²) in [6, 6.07) is 17.2. The van der Waals surface area contributed by atoms with Crippen LogP contribution < -0.4 is 5.32 Å². The van der Waals surface area contributed by atoms with Crippen LogP contribution in [0.25, 0.3) is 0 Å². The highest BCUT2D eigenvalue weighted by molar-refractivity contribution is 6.28. The second-order valence-electron chi connectivity index (χ2n) is 7.67. The first-order chi connectivity index (χ1) is 14.8. The van der Waals surface area contributed by atoms with Crippen LogP contribution in [-0.4, -0.2) is 35.5 Å². The van der Waals surface area contributed by atoms with Crippen molar-refractivity contribution in [2.45, 2.75) is 19.5 Å². The first-order valence-electron chi connectivity index (χ1n) is 9.93. The minimum atomic E-state index is -0.473. The van der Waals surface area contributed by atoms with Gasteiger partial charge in [0.1, 0.15) is 5.82 Å². The summed E-state index contributed by atoms with van der Waals surface area (Å²) in [5.41, 5.74) is 2.73. The van der Waals surface area contributed by atoms with Gasteiger partial charge < -0.3 is 5.32 Å². The number of hydrogen-bond acceptors (Lipinski definition) is 4. The maximum Gasteiger partial charge on any atom is 0.241 e. The van der Waals surface area contributed by atoms with Crippen molar-refractivity contribution in [1.82, 2.24) is 4.90 Å². The molecule has 0 heterocycles. The van der Waals surface area contributed by atoms with Gasteiger partial charge in [0.25, 0.3) is 0 Å². The number of likely N-dealkylation sites (N-methyl/N-ethyl adjacent to an activating group) is 1. The standard InChI is InChI=1S/C25H21FN2O3/c1-15(28(2)14-16-7-9-17(26)10-8-16)25(31)27-18-11-12-21-22(13-18)24(30)20-6-4-3-5-19(20)23(21)29/h3-13,15H,14H2,1-2H3,(H,27,31)/t15-/m0/s1. The Labute approximate surface area is 179 Å². The van der Waals surface area contributed by atoms with Crippen molar-refractivity contribution >= 4 is 23.2 Å². The molecule has 31 heavy (non-hydrogen) atoms. The van der Waals surface area contributed by atoms with Crippen molar-refractivity contribution in [3.05, 3.63) is 100 Å². The number of benzene rings is 3. The number of hydrogen-bond donors (Lipinski definition) is 1. The third kappa shape index (κ3) is 4.02. The van der Waals surface area contributed by atoms with Crippen LogP contribution in [0.1, 0.15) is 44.3 Å². The molecule has 0 saturated carbocycles. The number of nitrogens with one attached hydrogen (secondary N) is 1. The smallest absolute Gasteiger partial charge is 0.241 e. The van der Waals surface area contributed by atoms with E-state index in [4.69, 9.17) is 0 Å². The van der Waals surface area contributed by atoms with Crippen LogP contribution in [-0.2, 0) is 11.3 Å². The zero-order chi connectivity index (χ0) is 22.1. The number of carbonyl (C=O) groups is 3. The molecule has 1 N–H and O–H groups in total. The normalized spacial score (nSPS) is 13.5. The summed E-state index contributed by atoms with van der Waals surface area (Å²) in [5, 5.41) is 2.82. The van der Waals surface area contributed by atoms with Gasteiger partial charge in [-0.1, -0.05) is 36.4 Å². The second kappa shape index (κ2) is 8.24. The Bertz CT molecular complexity index is 1190. The van der Waals surface area contributed by atoms with E-state index in [1.54, 1.807) is 68.6 Å². The van der Waals surface area contributed by atoms with E-state index in [1.165, 1.54) is 12.1 Å². The molecule has 3 aromatic carbocycles. The fourth-order valence-electron chi connectivity index (χ4n) is 3.64. The maximum absolute atomic E-state index is 13.1. The van der Waals surface area contributed by atoms with E-state index in [1.807, 2.05) is 4.90 Å². The van der Waals surface area contributed by atoms with E-state index in [0.29, 0.717) is 28.9 Å². The largest absolute Gasteiger partial charge is 0.325 e. The van der Waals surface area contributed by atoms with E-state index in [2.05, 4.69) is 5.32 Å². The Morgan fingerprint density at radius 3 is 2.13 bits per heavy atom. The number of fused-ring (bicyclic) bond motifs is 2. The third-order valence-electron chi connectivity index (χ3n) is 5.58. The summed E-state index contributed by atoms with van der Waals surface area (Å²) in [7, 11) is 1.81. The Morgan fingerprint density at radius 1 is 0.903 bits per heavy atom. The molecule has 0 bridgehead atoms. The molecule has 0 aliphatic heterocycles. The number of amides is 1. The van der Waals surface area contributed by atoms with Crippen LogP contribution in [0.3, 0.4) is 0 Å². The average Bonchev–Trinajstić information content (AvgIpc) is 2.78. The lowest BCUT2D eigenvalue weighted by molar-refractivity contribution is -0.120. The Kier molecular flexibility index (Phi) is 5.48. The van der Waals surface area contributed by atoms with Crippen LogP contribution in [0.4, 0.5) is 10.1 Å². The number of anilines is 1. The molecule has 0 fully saturated rings. The molecule has 0 spiro atoms. The Balaban J connectivity index is 1.49. The van der Waals surface area contributed by atoms with Gasteiger partial charge in [-0.05, 0) is 49.9 Å². The van der Waals surface area contributed by atoms with Crippen molar-refractivity contribution in [3.63, 3.8) is 0 Å². The summed E-state index contributed by atoms with van der Waals surface area (Å²) in [6.45, 7) is 2.24. The Morgan fingerprint density at radius 2 is 1.48 bits per heavy atom. The first-order valence-corrected chi connectivity index (χ1v) is 9.93. The predicted octanol–water partition coefficient (Wildman–Crippen LogP) is 4.06. The summed E-state index contributed by atoms with van der Waals surface area (Å²) in [5.74, 6) is -0.988. The van der Waals surface area contributed by atoms with Gasteiger partial charge in [0.2, 0.25) is 5.91 Å². The van der Waals surface area contributed by atoms with Gasteiger partial charge in [0.15, 0.2) is 11.6 Å². The van der Waals surface area contributed by atoms with Crippen LogP contribution in [0.5, 0.6) is 0 Å². The molecule has 4 rings (SSSR count). The van der Waals surface area contributed by atoms with Gasteiger partial charge in [-0.2, -0.15) is 0 Å². The molecule has 156 valence electrons.